The Labute approximate surface area is 139 Å². The number of ether oxygens (including phenoxy) is 1. The van der Waals surface area contributed by atoms with Gasteiger partial charge in [-0.05, 0) is 32.8 Å². The summed E-state index contributed by atoms with van der Waals surface area (Å²) in [6, 6.07) is 0. The Morgan fingerprint density at radius 1 is 1.42 bits per heavy atom. The van der Waals surface area contributed by atoms with Crippen molar-refractivity contribution in [2.75, 3.05) is 19.5 Å². The van der Waals surface area contributed by atoms with E-state index in [9.17, 15) is 15.0 Å². The zero-order valence-corrected chi connectivity index (χ0v) is 14.9. The molecule has 8 nitrogen and oxygen atoms in total. The van der Waals surface area contributed by atoms with Crippen molar-refractivity contribution in [1.29, 1.82) is 0 Å². The molecule has 0 spiro atoms. The molecule has 1 fully saturated rings. The molecular formula is C15H23N4O4P. The molecule has 3 N–H and O–H groups in total. The Kier molecular flexibility index (Phi) is 4.42. The number of nitrogens with zero attached hydrogens (tertiary/aromatic N) is 3. The predicted octanol–water partition coefficient (Wildman–Crippen LogP) is 0.147. The van der Waals surface area contributed by atoms with Gasteiger partial charge in [-0.3, -0.25) is 9.36 Å². The van der Waals surface area contributed by atoms with Crippen LogP contribution in [-0.4, -0.2) is 73.8 Å². The highest BCUT2D eigenvalue weighted by Crippen LogP contribution is 2.39. The first-order valence-electron chi connectivity index (χ1n) is 7.80. The topological polar surface area (TPSA) is 113 Å². The van der Waals surface area contributed by atoms with Crippen LogP contribution in [0.3, 0.4) is 0 Å². The van der Waals surface area contributed by atoms with E-state index in [1.165, 1.54) is 10.9 Å². The summed E-state index contributed by atoms with van der Waals surface area (Å²) in [5.41, 5.74) is 0.168. The van der Waals surface area contributed by atoms with Gasteiger partial charge in [0.05, 0.1) is 12.4 Å². The molecule has 0 amide bonds. The Morgan fingerprint density at radius 3 is 2.79 bits per heavy atom. The molecule has 9 heteroatoms. The lowest BCUT2D eigenvalue weighted by molar-refractivity contribution is -0.0353. The molecule has 1 saturated heterocycles. The molecule has 3 rings (SSSR count). The van der Waals surface area contributed by atoms with E-state index >= 15 is 0 Å². The largest absolute Gasteiger partial charge is 0.388 e. The number of nitrogens with one attached hydrogen (secondary N) is 1. The Hall–Kier alpha value is -1.47. The van der Waals surface area contributed by atoms with Crippen molar-refractivity contribution in [3.05, 3.63) is 22.5 Å². The van der Waals surface area contributed by atoms with Crippen molar-refractivity contribution in [3.63, 3.8) is 0 Å². The van der Waals surface area contributed by atoms with Gasteiger partial charge in [-0.25, -0.2) is 9.97 Å². The molecule has 1 aliphatic rings. The SMILES string of the molecule is C=P(C)(C)CC[C@H]1O[C@@H](n2cnc3c(=O)[nH]c(C)nc32)[C@H](O)[C@@H]1O. The molecule has 0 saturated carbocycles. The number of aromatic nitrogens is 4. The van der Waals surface area contributed by atoms with Crippen LogP contribution < -0.4 is 5.56 Å². The third-order valence-corrected chi connectivity index (χ3v) is 5.65. The molecule has 0 aliphatic carbocycles. The number of aliphatic hydroxyl groups excluding tert-OH is 2. The summed E-state index contributed by atoms with van der Waals surface area (Å²) in [4.78, 5) is 22.8. The second kappa shape index (κ2) is 6.11. The van der Waals surface area contributed by atoms with Crippen LogP contribution in [0.15, 0.2) is 11.1 Å². The molecular weight excluding hydrogens is 331 g/mol. The van der Waals surface area contributed by atoms with Gasteiger partial charge in [0.1, 0.15) is 18.0 Å². The summed E-state index contributed by atoms with van der Waals surface area (Å²) in [6.07, 6.45) is 3.63. The minimum atomic E-state index is -1.25. The maximum Gasteiger partial charge on any atom is 0.279 e. The average molecular weight is 354 g/mol. The number of hydrogen-bond acceptors (Lipinski definition) is 6. The summed E-state index contributed by atoms with van der Waals surface area (Å²) >= 11 is 0. The molecule has 0 aromatic carbocycles. The smallest absolute Gasteiger partial charge is 0.279 e. The highest BCUT2D eigenvalue weighted by molar-refractivity contribution is 7.72. The molecule has 4 atom stereocenters. The highest BCUT2D eigenvalue weighted by Gasteiger charge is 2.44. The normalized spacial score (nSPS) is 27.9. The monoisotopic (exact) mass is 354 g/mol. The lowest BCUT2D eigenvalue weighted by Crippen LogP contribution is -2.32. The van der Waals surface area contributed by atoms with Gasteiger partial charge in [0.25, 0.3) is 5.56 Å². The molecule has 0 radical (unpaired) electrons. The number of fused-ring (bicyclic) bond motifs is 1. The first kappa shape index (κ1) is 17.4. The fraction of sp³-hybridized carbons (Fsp3) is 0.600. The van der Waals surface area contributed by atoms with Gasteiger partial charge in [-0.2, -0.15) is 0 Å². The summed E-state index contributed by atoms with van der Waals surface area (Å²) in [5, 5.41) is 20.7. The van der Waals surface area contributed by atoms with E-state index in [2.05, 4.69) is 34.6 Å². The zero-order valence-electron chi connectivity index (χ0n) is 14.0. The van der Waals surface area contributed by atoms with Crippen molar-refractivity contribution in [3.8, 4) is 0 Å². The van der Waals surface area contributed by atoms with E-state index in [1.807, 2.05) is 0 Å². The second-order valence-corrected chi connectivity index (χ2v) is 11.3. The number of rotatable bonds is 4. The third kappa shape index (κ3) is 3.19. The Bertz CT molecular complexity index is 855. The standard InChI is InChI=1S/C15H23N4O4P/c1-8-17-13-10(14(22)18-8)16-7-19(13)15-12(21)11(20)9(23-15)5-6-24(2,3)4/h7,9,11-12,15,20-21H,2,5-6H2,1,3-4H3,(H,17,18,22)/t9-,11-,12-,15-/m1/s1. The van der Waals surface area contributed by atoms with E-state index in [-0.39, 0.29) is 11.1 Å². The van der Waals surface area contributed by atoms with Crippen molar-refractivity contribution >= 4 is 24.3 Å². The van der Waals surface area contributed by atoms with Crippen LogP contribution in [0.2, 0.25) is 0 Å². The van der Waals surface area contributed by atoms with Gasteiger partial charge < -0.3 is 19.9 Å². The second-order valence-electron chi connectivity index (χ2n) is 6.97. The van der Waals surface area contributed by atoms with Crippen molar-refractivity contribution < 1.29 is 14.9 Å². The van der Waals surface area contributed by atoms with Crippen LogP contribution in [0, 0.1) is 6.92 Å². The zero-order chi connectivity index (χ0) is 17.6. The summed E-state index contributed by atoms with van der Waals surface area (Å²) < 4.78 is 7.38. The molecule has 2 aromatic heterocycles. The number of aliphatic hydroxyl groups is 2. The maximum absolute atomic E-state index is 11.9. The number of H-pyrrole nitrogens is 1. The minimum Gasteiger partial charge on any atom is -0.388 e. The Balaban J connectivity index is 1.90. The number of imidazole rings is 1. The Morgan fingerprint density at radius 2 is 2.12 bits per heavy atom. The van der Waals surface area contributed by atoms with E-state index < -0.39 is 31.4 Å². The van der Waals surface area contributed by atoms with Gasteiger partial charge in [-0.1, -0.05) is 0 Å². The van der Waals surface area contributed by atoms with Crippen molar-refractivity contribution in [1.82, 2.24) is 19.5 Å². The summed E-state index contributed by atoms with van der Waals surface area (Å²) in [7, 11) is 0. The summed E-state index contributed by atoms with van der Waals surface area (Å²) in [6.45, 7) is 4.65. The van der Waals surface area contributed by atoms with Crippen LogP contribution in [0.5, 0.6) is 0 Å². The quantitative estimate of drug-likeness (QED) is 0.674. The van der Waals surface area contributed by atoms with Crippen molar-refractivity contribution in [2.45, 2.75) is 37.9 Å². The number of aromatic amines is 1. The molecule has 2 aromatic rings. The van der Waals surface area contributed by atoms with Gasteiger partial charge in [0, 0.05) is 0 Å². The molecule has 24 heavy (non-hydrogen) atoms. The van der Waals surface area contributed by atoms with Crippen LogP contribution in [0.25, 0.3) is 11.2 Å². The molecule has 0 bridgehead atoms. The van der Waals surface area contributed by atoms with Gasteiger partial charge in [-0.15, -0.1) is 13.2 Å². The maximum atomic E-state index is 11.9. The molecule has 3 heterocycles. The molecule has 132 valence electrons. The molecule has 0 unspecified atom stereocenters. The minimum absolute atomic E-state index is 0.180. The fourth-order valence-electron chi connectivity index (χ4n) is 2.90. The van der Waals surface area contributed by atoms with E-state index in [0.717, 1.165) is 6.16 Å². The lowest BCUT2D eigenvalue weighted by atomic mass is 10.1. The highest BCUT2D eigenvalue weighted by atomic mass is 31.2. The fourth-order valence-corrected chi connectivity index (χ4v) is 3.85. The van der Waals surface area contributed by atoms with Crippen molar-refractivity contribution in [2.24, 2.45) is 0 Å². The number of hydrogen-bond donors (Lipinski definition) is 3. The van der Waals surface area contributed by atoms with Gasteiger partial charge >= 0.3 is 0 Å². The van der Waals surface area contributed by atoms with Crippen LogP contribution in [0.1, 0.15) is 18.5 Å². The number of aryl methyl sites for hydroxylation is 1. The summed E-state index contributed by atoms with van der Waals surface area (Å²) in [5.74, 6) is 0.447. The van der Waals surface area contributed by atoms with Crippen LogP contribution in [0.4, 0.5) is 0 Å². The lowest BCUT2D eigenvalue weighted by Gasteiger charge is -2.18. The first-order valence-corrected chi connectivity index (χ1v) is 10.8. The van der Waals surface area contributed by atoms with Crippen LogP contribution >= 0.6 is 6.89 Å². The van der Waals surface area contributed by atoms with E-state index in [1.54, 1.807) is 6.92 Å². The van der Waals surface area contributed by atoms with E-state index in [0.29, 0.717) is 17.9 Å². The van der Waals surface area contributed by atoms with Crippen LogP contribution in [-0.2, 0) is 4.74 Å². The van der Waals surface area contributed by atoms with E-state index in [4.69, 9.17) is 4.74 Å². The predicted molar refractivity (Wildman–Crippen MR) is 94.2 cm³/mol. The first-order chi connectivity index (χ1) is 11.2. The third-order valence-electron chi connectivity index (χ3n) is 4.18. The average Bonchev–Trinajstić information content (AvgIpc) is 3.00. The van der Waals surface area contributed by atoms with Gasteiger partial charge in [0.2, 0.25) is 0 Å². The molecule has 1 aliphatic heterocycles. The van der Waals surface area contributed by atoms with Gasteiger partial charge in [0.15, 0.2) is 17.4 Å².